The first-order valence-corrected chi connectivity index (χ1v) is 9.88. The molecule has 2 amide bonds. The van der Waals surface area contributed by atoms with Gasteiger partial charge in [0.1, 0.15) is 0 Å². The summed E-state index contributed by atoms with van der Waals surface area (Å²) in [6.45, 7) is 2.95. The lowest BCUT2D eigenvalue weighted by atomic mass is 10.1. The van der Waals surface area contributed by atoms with Gasteiger partial charge in [-0.15, -0.1) is 0 Å². The molecule has 0 unspecified atom stereocenters. The average molecular weight is 431 g/mol. The molecule has 0 aliphatic carbocycles. The number of amides is 2. The Bertz CT molecular complexity index is 1030. The molecular formula is C21H20Cl2N4O2. The number of halogens is 2. The predicted octanol–water partition coefficient (Wildman–Crippen LogP) is 4.63. The molecule has 29 heavy (non-hydrogen) atoms. The maximum Gasteiger partial charge on any atom is 0.258 e. The monoisotopic (exact) mass is 430 g/mol. The van der Waals surface area contributed by atoms with Crippen molar-refractivity contribution < 1.29 is 9.59 Å². The van der Waals surface area contributed by atoms with E-state index in [1.54, 1.807) is 35.1 Å². The fourth-order valence-electron chi connectivity index (χ4n) is 2.71. The van der Waals surface area contributed by atoms with E-state index >= 15 is 0 Å². The average Bonchev–Trinajstić information content (AvgIpc) is 3.17. The number of anilines is 1. The standard InChI is InChI=1S/C21H20Cl2N4O2/c1-2-9-24-21(29)17-8-7-16(22)10-19(17)26-20(28)15-11-25-27(13-15)12-14-5-3-4-6-18(14)23/h3-8,10-11,13H,2,9,12H2,1H3,(H,24,29)(H,26,28). The van der Waals surface area contributed by atoms with E-state index in [9.17, 15) is 9.59 Å². The van der Waals surface area contributed by atoms with Gasteiger partial charge in [0.05, 0.1) is 29.6 Å². The molecule has 0 saturated heterocycles. The van der Waals surface area contributed by atoms with Crippen LogP contribution in [0.25, 0.3) is 0 Å². The summed E-state index contributed by atoms with van der Waals surface area (Å²) in [5, 5.41) is 10.8. The van der Waals surface area contributed by atoms with Crippen LogP contribution in [0.2, 0.25) is 10.0 Å². The zero-order valence-corrected chi connectivity index (χ0v) is 17.3. The van der Waals surface area contributed by atoms with Crippen LogP contribution in [0.5, 0.6) is 0 Å². The normalized spacial score (nSPS) is 10.6. The van der Waals surface area contributed by atoms with Gasteiger partial charge in [0.25, 0.3) is 11.8 Å². The second-order valence-corrected chi connectivity index (χ2v) is 7.26. The molecule has 0 aliphatic heterocycles. The minimum atomic E-state index is -0.387. The number of carbonyl (C=O) groups excluding carboxylic acids is 2. The van der Waals surface area contributed by atoms with Crippen LogP contribution in [-0.2, 0) is 6.54 Å². The summed E-state index contributed by atoms with van der Waals surface area (Å²) in [6.07, 6.45) is 3.90. The second-order valence-electron chi connectivity index (χ2n) is 6.42. The van der Waals surface area contributed by atoms with Gasteiger partial charge in [0.15, 0.2) is 0 Å². The quantitative estimate of drug-likeness (QED) is 0.573. The smallest absolute Gasteiger partial charge is 0.258 e. The minimum Gasteiger partial charge on any atom is -0.352 e. The first kappa shape index (κ1) is 20.9. The lowest BCUT2D eigenvalue weighted by Crippen LogP contribution is -2.25. The van der Waals surface area contributed by atoms with Crippen LogP contribution < -0.4 is 10.6 Å². The molecule has 0 bridgehead atoms. The van der Waals surface area contributed by atoms with Crippen molar-refractivity contribution in [2.24, 2.45) is 0 Å². The summed E-state index contributed by atoms with van der Waals surface area (Å²) in [6, 6.07) is 12.2. The fourth-order valence-corrected chi connectivity index (χ4v) is 3.08. The first-order chi connectivity index (χ1) is 14.0. The van der Waals surface area contributed by atoms with Crippen molar-refractivity contribution in [1.82, 2.24) is 15.1 Å². The number of rotatable bonds is 7. The van der Waals surface area contributed by atoms with Crippen molar-refractivity contribution in [3.8, 4) is 0 Å². The van der Waals surface area contributed by atoms with Crippen LogP contribution in [0, 0.1) is 0 Å². The molecule has 0 atom stereocenters. The van der Waals surface area contributed by atoms with Gasteiger partial charge in [0.2, 0.25) is 0 Å². The number of nitrogens with zero attached hydrogens (tertiary/aromatic N) is 2. The molecule has 6 nitrogen and oxygen atoms in total. The van der Waals surface area contributed by atoms with Crippen LogP contribution in [0.4, 0.5) is 5.69 Å². The largest absolute Gasteiger partial charge is 0.352 e. The SMILES string of the molecule is CCCNC(=O)c1ccc(Cl)cc1NC(=O)c1cnn(Cc2ccccc2Cl)c1. The zero-order chi connectivity index (χ0) is 20.8. The highest BCUT2D eigenvalue weighted by atomic mass is 35.5. The molecule has 1 aromatic heterocycles. The number of aromatic nitrogens is 2. The molecular weight excluding hydrogens is 411 g/mol. The molecule has 0 spiro atoms. The van der Waals surface area contributed by atoms with Gasteiger partial charge in [-0.25, -0.2) is 0 Å². The Hall–Kier alpha value is -2.83. The Kier molecular flexibility index (Phi) is 6.90. The summed E-state index contributed by atoms with van der Waals surface area (Å²) >= 11 is 12.2. The Labute approximate surface area is 178 Å². The molecule has 0 radical (unpaired) electrons. The molecule has 2 N–H and O–H groups in total. The maximum atomic E-state index is 12.7. The van der Waals surface area contributed by atoms with Crippen LogP contribution in [0.3, 0.4) is 0 Å². The van der Waals surface area contributed by atoms with Crippen molar-refractivity contribution in [2.45, 2.75) is 19.9 Å². The van der Waals surface area contributed by atoms with Gasteiger partial charge >= 0.3 is 0 Å². The predicted molar refractivity (Wildman–Crippen MR) is 115 cm³/mol. The van der Waals surface area contributed by atoms with Gasteiger partial charge in [-0.05, 0) is 36.2 Å². The lowest BCUT2D eigenvalue weighted by molar-refractivity contribution is 0.0954. The second kappa shape index (κ2) is 9.58. The molecule has 150 valence electrons. The van der Waals surface area contributed by atoms with Gasteiger partial charge in [-0.3, -0.25) is 14.3 Å². The van der Waals surface area contributed by atoms with Crippen molar-refractivity contribution in [1.29, 1.82) is 0 Å². The summed E-state index contributed by atoms with van der Waals surface area (Å²) in [5.74, 6) is -0.657. The summed E-state index contributed by atoms with van der Waals surface area (Å²) in [7, 11) is 0. The Morgan fingerprint density at radius 2 is 1.90 bits per heavy atom. The van der Waals surface area contributed by atoms with E-state index in [0.29, 0.717) is 39.9 Å². The van der Waals surface area contributed by atoms with Gasteiger partial charge < -0.3 is 10.6 Å². The summed E-state index contributed by atoms with van der Waals surface area (Å²) < 4.78 is 1.63. The third kappa shape index (κ3) is 5.37. The Morgan fingerprint density at radius 3 is 2.66 bits per heavy atom. The summed E-state index contributed by atoms with van der Waals surface area (Å²) in [5.41, 5.74) is 1.94. The minimum absolute atomic E-state index is 0.270. The van der Waals surface area contributed by atoms with Crippen LogP contribution in [0.1, 0.15) is 39.6 Å². The molecule has 0 fully saturated rings. The van der Waals surface area contributed by atoms with E-state index < -0.39 is 0 Å². The lowest BCUT2D eigenvalue weighted by Gasteiger charge is -2.11. The van der Waals surface area contributed by atoms with Crippen molar-refractivity contribution in [2.75, 3.05) is 11.9 Å². The van der Waals surface area contributed by atoms with E-state index in [1.807, 2.05) is 25.1 Å². The number of hydrogen-bond acceptors (Lipinski definition) is 3. The number of carbonyl (C=O) groups is 2. The third-order valence-electron chi connectivity index (χ3n) is 4.20. The zero-order valence-electron chi connectivity index (χ0n) is 15.8. The van der Waals surface area contributed by atoms with Crippen LogP contribution >= 0.6 is 23.2 Å². The van der Waals surface area contributed by atoms with E-state index in [2.05, 4.69) is 15.7 Å². The number of hydrogen-bond donors (Lipinski definition) is 2. The molecule has 1 heterocycles. The highest BCUT2D eigenvalue weighted by molar-refractivity contribution is 6.31. The Morgan fingerprint density at radius 1 is 1.10 bits per heavy atom. The first-order valence-electron chi connectivity index (χ1n) is 9.13. The topological polar surface area (TPSA) is 76.0 Å². The molecule has 0 aliphatic rings. The fraction of sp³-hybridized carbons (Fsp3) is 0.190. The summed E-state index contributed by atoms with van der Waals surface area (Å²) in [4.78, 5) is 25.0. The maximum absolute atomic E-state index is 12.7. The number of nitrogens with one attached hydrogen (secondary N) is 2. The van der Waals surface area contributed by atoms with E-state index in [4.69, 9.17) is 23.2 Å². The highest BCUT2D eigenvalue weighted by Gasteiger charge is 2.16. The van der Waals surface area contributed by atoms with Gasteiger partial charge in [-0.2, -0.15) is 5.10 Å². The van der Waals surface area contributed by atoms with E-state index in [1.165, 1.54) is 6.20 Å². The molecule has 0 saturated carbocycles. The van der Waals surface area contributed by atoms with E-state index in [-0.39, 0.29) is 11.8 Å². The molecule has 2 aromatic carbocycles. The van der Waals surface area contributed by atoms with E-state index in [0.717, 1.165) is 12.0 Å². The van der Waals surface area contributed by atoms with Gasteiger partial charge in [0, 0.05) is 22.8 Å². The van der Waals surface area contributed by atoms with Crippen molar-refractivity contribution >= 4 is 40.7 Å². The third-order valence-corrected chi connectivity index (χ3v) is 4.80. The van der Waals surface area contributed by atoms with Crippen molar-refractivity contribution in [3.63, 3.8) is 0 Å². The van der Waals surface area contributed by atoms with Crippen molar-refractivity contribution in [3.05, 3.63) is 81.6 Å². The highest BCUT2D eigenvalue weighted by Crippen LogP contribution is 2.22. The van der Waals surface area contributed by atoms with Gasteiger partial charge in [-0.1, -0.05) is 48.3 Å². The molecule has 8 heteroatoms. The van der Waals surface area contributed by atoms with Crippen LogP contribution in [0.15, 0.2) is 54.9 Å². The van der Waals surface area contributed by atoms with Crippen LogP contribution in [-0.4, -0.2) is 28.1 Å². The molecule has 3 rings (SSSR count). The number of benzene rings is 2. The molecule has 3 aromatic rings. The Balaban J connectivity index is 1.75.